The number of halogens is 1. The molecule has 0 aliphatic carbocycles. The molecule has 3 nitrogen and oxygen atoms in total. The maximum absolute atomic E-state index is 10.2. The summed E-state index contributed by atoms with van der Waals surface area (Å²) in [7, 11) is 0. The molecule has 4 heteroatoms. The van der Waals surface area contributed by atoms with Gasteiger partial charge in [0, 0.05) is 13.1 Å². The quantitative estimate of drug-likeness (QED) is 0.613. The zero-order chi connectivity index (χ0) is 17.3. The van der Waals surface area contributed by atoms with Crippen molar-refractivity contribution in [3.05, 3.63) is 102 Å². The molecule has 0 saturated heterocycles. The molecule has 0 fully saturated rings. The predicted molar refractivity (Wildman–Crippen MR) is 108 cm³/mol. The van der Waals surface area contributed by atoms with Gasteiger partial charge in [0.05, 0.1) is 6.10 Å². The SMILES string of the molecule is Cl.OC(CNCc1cccc(OCc2ccccc2)c1)c1ccccc1. The largest absolute Gasteiger partial charge is 0.489 e. The second kappa shape index (κ2) is 10.6. The number of ether oxygens (including phenoxy) is 1. The van der Waals surface area contributed by atoms with Crippen molar-refractivity contribution in [1.82, 2.24) is 5.32 Å². The maximum Gasteiger partial charge on any atom is 0.120 e. The van der Waals surface area contributed by atoms with Crippen LogP contribution in [0, 0.1) is 0 Å². The molecule has 0 radical (unpaired) electrons. The lowest BCUT2D eigenvalue weighted by molar-refractivity contribution is 0.174. The Hall–Kier alpha value is -2.33. The van der Waals surface area contributed by atoms with Crippen LogP contribution in [-0.4, -0.2) is 11.7 Å². The van der Waals surface area contributed by atoms with Crippen LogP contribution in [0.5, 0.6) is 5.75 Å². The fraction of sp³-hybridized carbons (Fsp3) is 0.182. The van der Waals surface area contributed by atoms with Gasteiger partial charge in [-0.25, -0.2) is 0 Å². The van der Waals surface area contributed by atoms with E-state index in [2.05, 4.69) is 23.5 Å². The highest BCUT2D eigenvalue weighted by molar-refractivity contribution is 5.85. The Morgan fingerprint density at radius 3 is 2.19 bits per heavy atom. The smallest absolute Gasteiger partial charge is 0.120 e. The Morgan fingerprint density at radius 2 is 1.46 bits per heavy atom. The topological polar surface area (TPSA) is 41.5 Å². The van der Waals surface area contributed by atoms with E-state index in [-0.39, 0.29) is 12.4 Å². The van der Waals surface area contributed by atoms with Gasteiger partial charge in [-0.2, -0.15) is 0 Å². The van der Waals surface area contributed by atoms with Crippen LogP contribution in [0.1, 0.15) is 22.8 Å². The van der Waals surface area contributed by atoms with E-state index in [0.29, 0.717) is 19.7 Å². The average molecular weight is 370 g/mol. The van der Waals surface area contributed by atoms with E-state index in [1.54, 1.807) is 0 Å². The minimum atomic E-state index is -0.501. The summed E-state index contributed by atoms with van der Waals surface area (Å²) in [5.74, 6) is 0.853. The lowest BCUT2D eigenvalue weighted by Crippen LogP contribution is -2.21. The first kappa shape index (κ1) is 20.0. The molecule has 0 amide bonds. The van der Waals surface area contributed by atoms with Crippen LogP contribution in [0.25, 0.3) is 0 Å². The van der Waals surface area contributed by atoms with E-state index in [1.807, 2.05) is 66.7 Å². The van der Waals surface area contributed by atoms with Crippen molar-refractivity contribution >= 4 is 12.4 Å². The number of aliphatic hydroxyl groups is 1. The highest BCUT2D eigenvalue weighted by Crippen LogP contribution is 2.16. The lowest BCUT2D eigenvalue weighted by Gasteiger charge is -2.13. The van der Waals surface area contributed by atoms with Crippen molar-refractivity contribution in [3.63, 3.8) is 0 Å². The lowest BCUT2D eigenvalue weighted by atomic mass is 10.1. The minimum absolute atomic E-state index is 0. The molecular weight excluding hydrogens is 346 g/mol. The second-order valence-electron chi connectivity index (χ2n) is 5.98. The summed E-state index contributed by atoms with van der Waals surface area (Å²) in [6.45, 7) is 1.76. The van der Waals surface area contributed by atoms with Gasteiger partial charge in [0.2, 0.25) is 0 Å². The van der Waals surface area contributed by atoms with Gasteiger partial charge in [-0.15, -0.1) is 12.4 Å². The van der Waals surface area contributed by atoms with Crippen molar-refractivity contribution in [1.29, 1.82) is 0 Å². The fourth-order valence-corrected chi connectivity index (χ4v) is 2.63. The molecule has 136 valence electrons. The molecule has 0 aliphatic rings. The Bertz CT molecular complexity index is 765. The van der Waals surface area contributed by atoms with Gasteiger partial charge in [0.25, 0.3) is 0 Å². The molecule has 0 heterocycles. The van der Waals surface area contributed by atoms with Crippen LogP contribution in [0.2, 0.25) is 0 Å². The Kier molecular flexibility index (Phi) is 8.16. The number of aliphatic hydroxyl groups excluding tert-OH is 1. The summed E-state index contributed by atoms with van der Waals surface area (Å²) in [6, 6.07) is 27.9. The first-order valence-corrected chi connectivity index (χ1v) is 8.50. The molecule has 3 rings (SSSR count). The van der Waals surface area contributed by atoms with Gasteiger partial charge in [-0.3, -0.25) is 0 Å². The fourth-order valence-electron chi connectivity index (χ4n) is 2.63. The first-order chi connectivity index (χ1) is 12.3. The first-order valence-electron chi connectivity index (χ1n) is 8.50. The van der Waals surface area contributed by atoms with Crippen LogP contribution >= 0.6 is 12.4 Å². The predicted octanol–water partition coefficient (Wildman–Crippen LogP) is 4.51. The molecule has 26 heavy (non-hydrogen) atoms. The normalized spacial score (nSPS) is 11.4. The summed E-state index contributed by atoms with van der Waals surface area (Å²) in [5, 5.41) is 13.5. The van der Waals surface area contributed by atoms with E-state index in [9.17, 15) is 5.11 Å². The van der Waals surface area contributed by atoms with Crippen molar-refractivity contribution in [3.8, 4) is 5.75 Å². The molecule has 3 aromatic carbocycles. The summed E-state index contributed by atoms with van der Waals surface area (Å²) in [4.78, 5) is 0. The molecular formula is C22H24ClNO2. The molecule has 3 aromatic rings. The molecule has 0 saturated carbocycles. The van der Waals surface area contributed by atoms with Gasteiger partial charge in [0.15, 0.2) is 0 Å². The molecule has 0 aromatic heterocycles. The number of benzene rings is 3. The Balaban J connectivity index is 0.00000243. The van der Waals surface area contributed by atoms with E-state index < -0.39 is 6.10 Å². The Labute approximate surface area is 161 Å². The minimum Gasteiger partial charge on any atom is -0.489 e. The molecule has 0 aliphatic heterocycles. The van der Waals surface area contributed by atoms with Gasteiger partial charge in [-0.1, -0.05) is 72.8 Å². The molecule has 1 atom stereocenters. The van der Waals surface area contributed by atoms with Crippen molar-refractivity contribution < 1.29 is 9.84 Å². The molecule has 0 bridgehead atoms. The van der Waals surface area contributed by atoms with E-state index >= 15 is 0 Å². The van der Waals surface area contributed by atoms with Crippen molar-refractivity contribution in [2.75, 3.05) is 6.54 Å². The average Bonchev–Trinajstić information content (AvgIpc) is 2.68. The van der Waals surface area contributed by atoms with Crippen LogP contribution in [-0.2, 0) is 13.2 Å². The summed E-state index contributed by atoms with van der Waals surface area (Å²) in [5.41, 5.74) is 3.21. The molecule has 1 unspecified atom stereocenters. The standard InChI is InChI=1S/C22H23NO2.ClH/c24-22(20-11-5-2-6-12-20)16-23-15-19-10-7-13-21(14-19)25-17-18-8-3-1-4-9-18;/h1-14,22-24H,15-17H2;1H. The number of hydrogen-bond acceptors (Lipinski definition) is 3. The number of hydrogen-bond donors (Lipinski definition) is 2. The summed E-state index contributed by atoms with van der Waals surface area (Å²) in [6.07, 6.45) is -0.501. The highest BCUT2D eigenvalue weighted by atomic mass is 35.5. The van der Waals surface area contributed by atoms with Crippen molar-refractivity contribution in [2.45, 2.75) is 19.3 Å². The van der Waals surface area contributed by atoms with Crippen LogP contribution in [0.4, 0.5) is 0 Å². The summed E-state index contributed by atoms with van der Waals surface area (Å²) >= 11 is 0. The van der Waals surface area contributed by atoms with Gasteiger partial charge >= 0.3 is 0 Å². The highest BCUT2D eigenvalue weighted by Gasteiger charge is 2.06. The zero-order valence-electron chi connectivity index (χ0n) is 14.5. The van der Waals surface area contributed by atoms with Crippen LogP contribution in [0.15, 0.2) is 84.9 Å². The van der Waals surface area contributed by atoms with Gasteiger partial charge in [0.1, 0.15) is 12.4 Å². The van der Waals surface area contributed by atoms with Gasteiger partial charge < -0.3 is 15.2 Å². The van der Waals surface area contributed by atoms with Crippen LogP contribution < -0.4 is 10.1 Å². The monoisotopic (exact) mass is 369 g/mol. The molecule has 0 spiro atoms. The van der Waals surface area contributed by atoms with E-state index in [4.69, 9.17) is 4.74 Å². The van der Waals surface area contributed by atoms with Crippen LogP contribution in [0.3, 0.4) is 0 Å². The third-order valence-electron chi connectivity index (χ3n) is 4.00. The van der Waals surface area contributed by atoms with E-state index in [0.717, 1.165) is 22.4 Å². The zero-order valence-corrected chi connectivity index (χ0v) is 15.4. The van der Waals surface area contributed by atoms with Gasteiger partial charge in [-0.05, 0) is 28.8 Å². The van der Waals surface area contributed by atoms with E-state index in [1.165, 1.54) is 0 Å². The number of rotatable bonds is 8. The number of nitrogens with one attached hydrogen (secondary N) is 1. The third-order valence-corrected chi connectivity index (χ3v) is 4.00. The molecule has 2 N–H and O–H groups in total. The summed E-state index contributed by atoms with van der Waals surface area (Å²) < 4.78 is 5.85. The third kappa shape index (κ3) is 6.19. The second-order valence-corrected chi connectivity index (χ2v) is 5.98. The van der Waals surface area contributed by atoms with Crippen molar-refractivity contribution in [2.24, 2.45) is 0 Å². The maximum atomic E-state index is 10.2. The Morgan fingerprint density at radius 1 is 0.808 bits per heavy atom.